The molecule has 0 radical (unpaired) electrons. The second-order valence-electron chi connectivity index (χ2n) is 3.62. The molecule has 0 fully saturated rings. The van der Waals surface area contributed by atoms with Gasteiger partial charge in [0.1, 0.15) is 5.75 Å². The van der Waals surface area contributed by atoms with E-state index in [1.165, 1.54) is 0 Å². The third-order valence-corrected chi connectivity index (χ3v) is 3.64. The number of carbonyl (C=O) groups excluding carboxylic acids is 1. The molecule has 20 heavy (non-hydrogen) atoms. The van der Waals surface area contributed by atoms with Crippen LogP contribution in [0.2, 0.25) is 5.02 Å². The van der Waals surface area contributed by atoms with Crippen LogP contribution in [0.5, 0.6) is 5.75 Å². The summed E-state index contributed by atoms with van der Waals surface area (Å²) in [6.07, 6.45) is -5.75. The Kier molecular flexibility index (Phi) is 5.06. The molecule has 3 nitrogen and oxygen atoms in total. The Morgan fingerprint density at radius 1 is 1.30 bits per heavy atom. The topological polar surface area (TPSA) is 52.3 Å². The molecule has 1 aromatic carbocycles. The minimum absolute atomic E-state index is 0.0920. The smallest absolute Gasteiger partial charge is 0.456 e. The maximum Gasteiger partial charge on any atom is 0.456 e. The number of rotatable bonds is 4. The highest BCUT2D eigenvalue weighted by molar-refractivity contribution is 14.1. The number of carbonyl (C=O) groups is 1. The number of hydrogen-bond donors (Lipinski definition) is 1. The van der Waals surface area contributed by atoms with Crippen molar-refractivity contribution >= 4 is 40.1 Å². The zero-order chi connectivity index (χ0) is 15.7. The van der Waals surface area contributed by atoms with Gasteiger partial charge in [-0.05, 0) is 34.7 Å². The van der Waals surface area contributed by atoms with E-state index in [0.717, 1.165) is 12.1 Å². The molecular weight excluding hydrogens is 423 g/mol. The van der Waals surface area contributed by atoms with Crippen molar-refractivity contribution in [3.05, 3.63) is 26.3 Å². The number of hydrogen-bond acceptors (Lipinski definition) is 2. The fourth-order valence-electron chi connectivity index (χ4n) is 1.09. The molecule has 112 valence electrons. The van der Waals surface area contributed by atoms with E-state index in [4.69, 9.17) is 17.3 Å². The monoisotopic (exact) mass is 429 g/mol. The average Bonchev–Trinajstić information content (AvgIpc) is 2.28. The summed E-state index contributed by atoms with van der Waals surface area (Å²) in [5.74, 6) is -6.60. The molecule has 0 atom stereocenters. The van der Waals surface area contributed by atoms with E-state index in [0.29, 0.717) is 3.57 Å². The number of alkyl halides is 5. The van der Waals surface area contributed by atoms with E-state index in [9.17, 15) is 26.7 Å². The van der Waals surface area contributed by atoms with Gasteiger partial charge in [-0.25, -0.2) is 0 Å². The van der Waals surface area contributed by atoms with Crippen LogP contribution in [0.3, 0.4) is 0 Å². The first-order valence-corrected chi connectivity index (χ1v) is 6.27. The summed E-state index contributed by atoms with van der Waals surface area (Å²) in [4.78, 5) is 11.1. The lowest BCUT2D eigenvalue weighted by Gasteiger charge is -2.20. The van der Waals surface area contributed by atoms with Gasteiger partial charge in [0.15, 0.2) is 6.61 Å². The summed E-state index contributed by atoms with van der Waals surface area (Å²) >= 11 is 7.39. The highest BCUT2D eigenvalue weighted by atomic mass is 127. The first-order valence-electron chi connectivity index (χ1n) is 4.82. The number of amides is 1. The summed E-state index contributed by atoms with van der Waals surface area (Å²) in [6, 6.07) is 2.09. The molecule has 2 N–H and O–H groups in total. The zero-order valence-corrected chi connectivity index (χ0v) is 12.3. The fraction of sp³-hybridized carbons (Fsp3) is 0.300. The molecule has 0 saturated heterocycles. The predicted octanol–water partition coefficient (Wildman–Crippen LogP) is 3.62. The molecule has 0 unspecified atom stereocenters. The number of nitrogens with two attached hydrogens (primary N) is 1. The van der Waals surface area contributed by atoms with Crippen molar-refractivity contribution in [2.24, 2.45) is 5.73 Å². The van der Waals surface area contributed by atoms with Crippen LogP contribution in [-0.2, 0) is 0 Å². The van der Waals surface area contributed by atoms with Crippen molar-refractivity contribution in [3.8, 4) is 5.75 Å². The van der Waals surface area contributed by atoms with Crippen LogP contribution in [0.25, 0.3) is 0 Å². The van der Waals surface area contributed by atoms with Crippen molar-refractivity contribution in [1.82, 2.24) is 0 Å². The Labute approximate surface area is 128 Å². The van der Waals surface area contributed by atoms with Crippen LogP contribution in [0.1, 0.15) is 10.4 Å². The van der Waals surface area contributed by atoms with Gasteiger partial charge in [-0.1, -0.05) is 11.6 Å². The Balaban J connectivity index is 3.04. The molecule has 0 bridgehead atoms. The molecule has 0 heterocycles. The number of primary amides is 1. The molecule has 0 aromatic heterocycles. The normalized spacial score (nSPS) is 12.3. The fourth-order valence-corrected chi connectivity index (χ4v) is 1.69. The van der Waals surface area contributed by atoms with Crippen molar-refractivity contribution in [3.63, 3.8) is 0 Å². The van der Waals surface area contributed by atoms with Gasteiger partial charge in [0.05, 0.1) is 10.6 Å². The Hall–Kier alpha value is -0.840. The molecule has 0 aliphatic heterocycles. The number of benzene rings is 1. The van der Waals surface area contributed by atoms with Gasteiger partial charge in [0.25, 0.3) is 5.91 Å². The SMILES string of the molecule is NC(=O)c1cc(Cl)c(I)cc1OCC(F)(F)C(F)(F)F. The van der Waals surface area contributed by atoms with E-state index in [1.807, 2.05) is 0 Å². The Morgan fingerprint density at radius 2 is 1.85 bits per heavy atom. The van der Waals surface area contributed by atoms with E-state index >= 15 is 0 Å². The third kappa shape index (κ3) is 3.84. The minimum Gasteiger partial charge on any atom is -0.486 e. The molecule has 0 saturated carbocycles. The van der Waals surface area contributed by atoms with Crippen molar-refractivity contribution in [2.75, 3.05) is 6.61 Å². The maximum atomic E-state index is 12.7. The molecule has 0 spiro atoms. The van der Waals surface area contributed by atoms with Gasteiger partial charge in [-0.2, -0.15) is 22.0 Å². The van der Waals surface area contributed by atoms with E-state index < -0.39 is 30.4 Å². The van der Waals surface area contributed by atoms with Crippen LogP contribution in [-0.4, -0.2) is 24.6 Å². The van der Waals surface area contributed by atoms with Crippen molar-refractivity contribution in [2.45, 2.75) is 12.1 Å². The Bertz CT molecular complexity index is 535. The van der Waals surface area contributed by atoms with Gasteiger partial charge in [0.2, 0.25) is 0 Å². The standard InChI is InChI=1S/C10H6ClF5INO2/c11-5-1-4(8(18)19)7(2-6(5)17)20-3-9(12,13)10(14,15)16/h1-2H,3H2,(H2,18,19). The first-order chi connectivity index (χ1) is 8.95. The van der Waals surface area contributed by atoms with E-state index in [-0.39, 0.29) is 10.6 Å². The zero-order valence-electron chi connectivity index (χ0n) is 9.40. The van der Waals surface area contributed by atoms with Crippen LogP contribution in [0, 0.1) is 3.57 Å². The van der Waals surface area contributed by atoms with E-state index in [1.54, 1.807) is 22.6 Å². The average molecular weight is 430 g/mol. The van der Waals surface area contributed by atoms with Crippen LogP contribution >= 0.6 is 34.2 Å². The maximum absolute atomic E-state index is 12.7. The van der Waals surface area contributed by atoms with Crippen LogP contribution in [0.15, 0.2) is 12.1 Å². The second kappa shape index (κ2) is 5.88. The summed E-state index contributed by atoms with van der Waals surface area (Å²) in [5, 5.41) is 0.0920. The summed E-state index contributed by atoms with van der Waals surface area (Å²) in [6.45, 7) is -1.96. The molecule has 0 aliphatic carbocycles. The van der Waals surface area contributed by atoms with Crippen molar-refractivity contribution < 1.29 is 31.5 Å². The highest BCUT2D eigenvalue weighted by Gasteiger charge is 2.58. The minimum atomic E-state index is -5.75. The molecule has 1 rings (SSSR count). The largest absolute Gasteiger partial charge is 0.486 e. The van der Waals surface area contributed by atoms with Crippen LogP contribution in [0.4, 0.5) is 22.0 Å². The molecule has 1 aromatic rings. The molecule has 1 amide bonds. The van der Waals surface area contributed by atoms with E-state index in [2.05, 4.69) is 4.74 Å². The number of halogens is 7. The van der Waals surface area contributed by atoms with Gasteiger partial charge in [-0.3, -0.25) is 4.79 Å². The molecule has 0 aliphatic rings. The van der Waals surface area contributed by atoms with Crippen LogP contribution < -0.4 is 10.5 Å². The van der Waals surface area contributed by atoms with Gasteiger partial charge >= 0.3 is 12.1 Å². The first kappa shape index (κ1) is 17.2. The molecule has 10 heteroatoms. The lowest BCUT2D eigenvalue weighted by atomic mass is 10.2. The van der Waals surface area contributed by atoms with Gasteiger partial charge in [0, 0.05) is 3.57 Å². The van der Waals surface area contributed by atoms with Gasteiger partial charge in [-0.15, -0.1) is 0 Å². The summed E-state index contributed by atoms with van der Waals surface area (Å²) in [5.41, 5.74) is 4.59. The quantitative estimate of drug-likeness (QED) is 0.587. The lowest BCUT2D eigenvalue weighted by molar-refractivity contribution is -0.290. The summed E-state index contributed by atoms with van der Waals surface area (Å²) in [7, 11) is 0. The summed E-state index contributed by atoms with van der Waals surface area (Å²) < 4.78 is 66.1. The van der Waals surface area contributed by atoms with Crippen molar-refractivity contribution in [1.29, 1.82) is 0 Å². The Morgan fingerprint density at radius 3 is 2.30 bits per heavy atom. The second-order valence-corrected chi connectivity index (χ2v) is 5.19. The third-order valence-electron chi connectivity index (χ3n) is 2.11. The highest BCUT2D eigenvalue weighted by Crippen LogP contribution is 2.36. The lowest BCUT2D eigenvalue weighted by Crippen LogP contribution is -2.42. The van der Waals surface area contributed by atoms with Gasteiger partial charge < -0.3 is 10.5 Å². The molecular formula is C10H6ClF5INO2. The number of ether oxygens (including phenoxy) is 1. The predicted molar refractivity (Wildman–Crippen MR) is 69.2 cm³/mol.